The summed E-state index contributed by atoms with van der Waals surface area (Å²) in [5.74, 6) is -0.401. The molecule has 0 bridgehead atoms. The zero-order chi connectivity index (χ0) is 15.7. The van der Waals surface area contributed by atoms with E-state index in [1.165, 1.54) is 23.8 Å². The lowest BCUT2D eigenvalue weighted by Gasteiger charge is -2.26. The summed E-state index contributed by atoms with van der Waals surface area (Å²) in [7, 11) is -3.66. The molecule has 0 aromatic heterocycles. The molecular weight excluding hydrogens is 301 g/mol. The maximum Gasteiger partial charge on any atom is 0.241 e. The van der Waals surface area contributed by atoms with Crippen molar-refractivity contribution < 1.29 is 12.8 Å². The number of hydrogen-bond acceptors (Lipinski definition) is 2. The molecule has 0 fully saturated rings. The van der Waals surface area contributed by atoms with Crippen molar-refractivity contribution in [1.29, 1.82) is 0 Å². The number of nitrogens with one attached hydrogen (secondary N) is 1. The van der Waals surface area contributed by atoms with Crippen molar-refractivity contribution in [3.63, 3.8) is 0 Å². The first-order valence-corrected chi connectivity index (χ1v) is 8.82. The monoisotopic (exact) mass is 319 g/mol. The highest BCUT2D eigenvalue weighted by Crippen LogP contribution is 2.30. The molecule has 2 aromatic rings. The molecule has 0 saturated carbocycles. The third-order valence-corrected chi connectivity index (χ3v) is 5.58. The Labute approximate surface area is 130 Å². The SMILES string of the molecule is Cc1cc(S(=O)(=O)N[C@@H]2CCCc3ccccc32)ccc1F. The van der Waals surface area contributed by atoms with Gasteiger partial charge in [0.25, 0.3) is 0 Å². The first-order valence-electron chi connectivity index (χ1n) is 7.34. The van der Waals surface area contributed by atoms with Gasteiger partial charge in [-0.1, -0.05) is 24.3 Å². The van der Waals surface area contributed by atoms with Gasteiger partial charge in [0.15, 0.2) is 0 Å². The van der Waals surface area contributed by atoms with Gasteiger partial charge in [-0.3, -0.25) is 0 Å². The van der Waals surface area contributed by atoms with E-state index >= 15 is 0 Å². The Hall–Kier alpha value is -1.72. The third kappa shape index (κ3) is 2.91. The fourth-order valence-electron chi connectivity index (χ4n) is 2.92. The van der Waals surface area contributed by atoms with E-state index < -0.39 is 15.8 Å². The lowest BCUT2D eigenvalue weighted by molar-refractivity contribution is 0.507. The molecule has 0 aliphatic heterocycles. The van der Waals surface area contributed by atoms with Gasteiger partial charge in [-0.25, -0.2) is 17.5 Å². The van der Waals surface area contributed by atoms with Crippen molar-refractivity contribution in [1.82, 2.24) is 4.72 Å². The lowest BCUT2D eigenvalue weighted by atomic mass is 9.88. The van der Waals surface area contributed by atoms with Gasteiger partial charge in [0, 0.05) is 6.04 Å². The number of benzene rings is 2. The van der Waals surface area contributed by atoms with Crippen LogP contribution < -0.4 is 4.72 Å². The zero-order valence-electron chi connectivity index (χ0n) is 12.3. The van der Waals surface area contributed by atoms with Crippen molar-refractivity contribution in [3.05, 3.63) is 65.0 Å². The van der Waals surface area contributed by atoms with E-state index in [9.17, 15) is 12.8 Å². The fourth-order valence-corrected chi connectivity index (χ4v) is 4.25. The third-order valence-electron chi connectivity index (χ3n) is 4.11. The molecule has 116 valence electrons. The first-order chi connectivity index (χ1) is 10.5. The van der Waals surface area contributed by atoms with E-state index in [0.29, 0.717) is 5.56 Å². The number of sulfonamides is 1. The van der Waals surface area contributed by atoms with E-state index in [2.05, 4.69) is 4.72 Å². The van der Waals surface area contributed by atoms with Crippen molar-refractivity contribution in [2.75, 3.05) is 0 Å². The van der Waals surface area contributed by atoms with Crippen LogP contribution in [0.3, 0.4) is 0 Å². The number of hydrogen-bond donors (Lipinski definition) is 1. The van der Waals surface area contributed by atoms with Gasteiger partial charge < -0.3 is 0 Å². The minimum Gasteiger partial charge on any atom is -0.207 e. The quantitative estimate of drug-likeness (QED) is 0.941. The Bertz CT molecular complexity index is 802. The molecule has 3 nitrogen and oxygen atoms in total. The molecule has 22 heavy (non-hydrogen) atoms. The smallest absolute Gasteiger partial charge is 0.207 e. The first kappa shape index (κ1) is 15.2. The van der Waals surface area contributed by atoms with Crippen LogP contribution in [0.25, 0.3) is 0 Å². The van der Waals surface area contributed by atoms with Crippen molar-refractivity contribution in [2.24, 2.45) is 0 Å². The largest absolute Gasteiger partial charge is 0.241 e. The van der Waals surface area contributed by atoms with Gasteiger partial charge in [0.2, 0.25) is 10.0 Å². The van der Waals surface area contributed by atoms with Crippen LogP contribution in [0.1, 0.15) is 35.6 Å². The molecule has 0 radical (unpaired) electrons. The summed E-state index contributed by atoms with van der Waals surface area (Å²) in [6, 6.07) is 11.5. The molecule has 5 heteroatoms. The van der Waals surface area contributed by atoms with Crippen LogP contribution in [0.4, 0.5) is 4.39 Å². The maximum absolute atomic E-state index is 13.3. The summed E-state index contributed by atoms with van der Waals surface area (Å²) in [4.78, 5) is 0.106. The molecule has 0 heterocycles. The summed E-state index contributed by atoms with van der Waals surface area (Å²) in [6.07, 6.45) is 2.70. The van der Waals surface area contributed by atoms with Crippen molar-refractivity contribution in [2.45, 2.75) is 37.1 Å². The van der Waals surface area contributed by atoms with Crippen LogP contribution in [0.5, 0.6) is 0 Å². The zero-order valence-corrected chi connectivity index (χ0v) is 13.2. The summed E-state index contributed by atoms with van der Waals surface area (Å²) in [5, 5.41) is 0. The number of fused-ring (bicyclic) bond motifs is 1. The molecule has 0 saturated heterocycles. The van der Waals surface area contributed by atoms with Gasteiger partial charge in [-0.15, -0.1) is 0 Å². The van der Waals surface area contributed by atoms with Crippen molar-refractivity contribution >= 4 is 10.0 Å². The Morgan fingerprint density at radius 1 is 1.18 bits per heavy atom. The second-order valence-corrected chi connectivity index (χ2v) is 7.39. The molecule has 1 aliphatic carbocycles. The van der Waals surface area contributed by atoms with Gasteiger partial charge in [0.1, 0.15) is 5.82 Å². The Balaban J connectivity index is 1.91. The van der Waals surface area contributed by atoms with E-state index in [1.54, 1.807) is 6.92 Å². The van der Waals surface area contributed by atoms with E-state index in [0.717, 1.165) is 24.8 Å². The highest BCUT2D eigenvalue weighted by molar-refractivity contribution is 7.89. The fraction of sp³-hybridized carbons (Fsp3) is 0.294. The molecule has 0 spiro atoms. The molecule has 3 rings (SSSR count). The predicted octanol–water partition coefficient (Wildman–Crippen LogP) is 3.49. The van der Waals surface area contributed by atoms with Crippen LogP contribution in [0, 0.1) is 12.7 Å². The van der Waals surface area contributed by atoms with E-state index in [1.807, 2.05) is 24.3 Å². The average Bonchev–Trinajstić information content (AvgIpc) is 2.50. The number of aryl methyl sites for hydroxylation is 2. The molecule has 2 aromatic carbocycles. The number of rotatable bonds is 3. The summed E-state index contributed by atoms with van der Waals surface area (Å²) < 4.78 is 41.2. The molecule has 1 N–H and O–H groups in total. The van der Waals surface area contributed by atoms with Gasteiger partial charge in [-0.05, 0) is 61.1 Å². The highest BCUT2D eigenvalue weighted by Gasteiger charge is 2.25. The van der Waals surface area contributed by atoms with Crippen LogP contribution in [-0.4, -0.2) is 8.42 Å². The summed E-state index contributed by atoms with van der Waals surface area (Å²) >= 11 is 0. The summed E-state index contributed by atoms with van der Waals surface area (Å²) in [5.41, 5.74) is 2.56. The summed E-state index contributed by atoms with van der Waals surface area (Å²) in [6.45, 7) is 1.56. The normalized spacial score (nSPS) is 18.0. The molecule has 0 amide bonds. The van der Waals surface area contributed by atoms with E-state index in [4.69, 9.17) is 0 Å². The second kappa shape index (κ2) is 5.82. The number of halogens is 1. The van der Waals surface area contributed by atoms with Crippen LogP contribution in [-0.2, 0) is 16.4 Å². The molecule has 1 atom stereocenters. The standard InChI is InChI=1S/C17H18FNO2S/c1-12-11-14(9-10-16(12)18)22(20,21)19-17-8-4-6-13-5-2-3-7-15(13)17/h2-3,5,7,9-11,17,19H,4,6,8H2,1H3/t17-/m1/s1. The lowest BCUT2D eigenvalue weighted by Crippen LogP contribution is -2.31. The molecule has 0 unspecified atom stereocenters. The molecular formula is C17H18FNO2S. The van der Waals surface area contributed by atoms with Crippen LogP contribution in [0.2, 0.25) is 0 Å². The molecule has 1 aliphatic rings. The van der Waals surface area contributed by atoms with E-state index in [-0.39, 0.29) is 10.9 Å². The van der Waals surface area contributed by atoms with Crippen LogP contribution in [0.15, 0.2) is 47.4 Å². The minimum atomic E-state index is -3.66. The highest BCUT2D eigenvalue weighted by atomic mass is 32.2. The minimum absolute atomic E-state index is 0.106. The Morgan fingerprint density at radius 2 is 1.95 bits per heavy atom. The van der Waals surface area contributed by atoms with Crippen molar-refractivity contribution in [3.8, 4) is 0 Å². The van der Waals surface area contributed by atoms with Crippen LogP contribution >= 0.6 is 0 Å². The van der Waals surface area contributed by atoms with Gasteiger partial charge >= 0.3 is 0 Å². The Kier molecular flexibility index (Phi) is 4.02. The maximum atomic E-state index is 13.3. The Morgan fingerprint density at radius 3 is 2.73 bits per heavy atom. The van der Waals surface area contributed by atoms with Gasteiger partial charge in [0.05, 0.1) is 4.90 Å². The topological polar surface area (TPSA) is 46.2 Å². The second-order valence-electron chi connectivity index (χ2n) is 5.68. The van der Waals surface area contributed by atoms with Gasteiger partial charge in [-0.2, -0.15) is 0 Å². The predicted molar refractivity (Wildman–Crippen MR) is 83.6 cm³/mol. The average molecular weight is 319 g/mol.